The highest BCUT2D eigenvalue weighted by molar-refractivity contribution is 8.15. The summed E-state index contributed by atoms with van der Waals surface area (Å²) < 4.78 is -0.223. The van der Waals surface area contributed by atoms with Crippen LogP contribution >= 0.6 is 11.8 Å². The number of hydrogen-bond donors (Lipinski definition) is 3. The maximum Gasteiger partial charge on any atom is 0.163 e. The maximum absolute atomic E-state index is 10.1. The molecule has 1 unspecified atom stereocenters. The third kappa shape index (κ3) is 2.20. The van der Waals surface area contributed by atoms with Crippen LogP contribution < -0.4 is 5.32 Å². The fraction of sp³-hybridized carbons (Fsp3) is 0.929. The van der Waals surface area contributed by atoms with Crippen LogP contribution in [0.1, 0.15) is 40.0 Å². The predicted octanol–water partition coefficient (Wildman–Crippen LogP) is 1.57. The summed E-state index contributed by atoms with van der Waals surface area (Å²) in [5.41, 5.74) is 0. The van der Waals surface area contributed by atoms with E-state index < -0.39 is 6.23 Å². The molecule has 19 heavy (non-hydrogen) atoms. The average molecular weight is 284 g/mol. The minimum absolute atomic E-state index is 0.0901. The molecule has 2 bridgehead atoms. The van der Waals surface area contributed by atoms with Crippen molar-refractivity contribution >= 4 is 16.9 Å². The molecule has 0 amide bonds. The van der Waals surface area contributed by atoms with Crippen LogP contribution in [0.25, 0.3) is 0 Å². The summed E-state index contributed by atoms with van der Waals surface area (Å²) in [6.07, 6.45) is 2.39. The first-order valence-electron chi connectivity index (χ1n) is 7.29. The lowest BCUT2D eigenvalue weighted by Gasteiger charge is -2.30. The molecule has 4 nitrogen and oxygen atoms in total. The maximum atomic E-state index is 10.1. The second-order valence-corrected chi connectivity index (χ2v) is 8.26. The van der Waals surface area contributed by atoms with Crippen molar-refractivity contribution in [3.05, 3.63) is 0 Å². The third-order valence-corrected chi connectivity index (χ3v) is 6.88. The van der Waals surface area contributed by atoms with Crippen LogP contribution in [0.3, 0.4) is 0 Å². The molecule has 1 aliphatic heterocycles. The Morgan fingerprint density at radius 3 is 2.47 bits per heavy atom. The highest BCUT2D eigenvalue weighted by atomic mass is 32.2. The molecule has 3 N–H and O–H groups in total. The van der Waals surface area contributed by atoms with E-state index >= 15 is 0 Å². The number of nitrogens with one attached hydrogen (secondary N) is 1. The fourth-order valence-electron chi connectivity index (χ4n) is 3.59. The third-order valence-electron chi connectivity index (χ3n) is 5.34. The summed E-state index contributed by atoms with van der Waals surface area (Å²) >= 11 is 1.67. The molecule has 2 saturated carbocycles. The molecule has 0 aromatic rings. The van der Waals surface area contributed by atoms with Gasteiger partial charge < -0.3 is 15.5 Å². The molecule has 0 radical (unpaired) electrons. The van der Waals surface area contributed by atoms with Crippen LogP contribution in [0.15, 0.2) is 4.99 Å². The second-order valence-electron chi connectivity index (χ2n) is 6.79. The summed E-state index contributed by atoms with van der Waals surface area (Å²) in [4.78, 5) is 4.39. The number of amidine groups is 1. The lowest BCUT2D eigenvalue weighted by atomic mass is 9.93. The number of rotatable bonds is 2. The highest BCUT2D eigenvalue weighted by Gasteiger charge is 2.48. The topological polar surface area (TPSA) is 64.8 Å². The van der Waals surface area contributed by atoms with Crippen LogP contribution in [0, 0.1) is 17.8 Å². The zero-order valence-corrected chi connectivity index (χ0v) is 12.7. The van der Waals surface area contributed by atoms with Gasteiger partial charge in [-0.15, -0.1) is 0 Å². The first kappa shape index (κ1) is 13.7. The summed E-state index contributed by atoms with van der Waals surface area (Å²) in [5, 5.41) is 24.3. The Kier molecular flexibility index (Phi) is 3.35. The molecule has 5 heteroatoms. The van der Waals surface area contributed by atoms with Gasteiger partial charge in [0.2, 0.25) is 0 Å². The quantitative estimate of drug-likeness (QED) is 0.720. The first-order valence-corrected chi connectivity index (χ1v) is 8.11. The largest absolute Gasteiger partial charge is 0.393 e. The molecule has 3 rings (SSSR count). The van der Waals surface area contributed by atoms with Gasteiger partial charge in [0.1, 0.15) is 0 Å². The molecule has 1 heterocycles. The second kappa shape index (κ2) is 4.64. The van der Waals surface area contributed by atoms with Crippen LogP contribution in [-0.2, 0) is 0 Å². The van der Waals surface area contributed by atoms with Crippen molar-refractivity contribution in [2.75, 3.05) is 0 Å². The number of hydrogen-bond acceptors (Lipinski definition) is 5. The van der Waals surface area contributed by atoms with Crippen LogP contribution in [0.2, 0.25) is 0 Å². The van der Waals surface area contributed by atoms with Gasteiger partial charge in [-0.3, -0.25) is 0 Å². The fourth-order valence-corrected chi connectivity index (χ4v) is 4.76. The molecule has 0 spiro atoms. The van der Waals surface area contributed by atoms with Gasteiger partial charge in [-0.2, -0.15) is 0 Å². The monoisotopic (exact) mass is 284 g/mol. The van der Waals surface area contributed by atoms with Gasteiger partial charge >= 0.3 is 0 Å². The molecule has 0 aromatic carbocycles. The number of aliphatic hydroxyl groups excluding tert-OH is 2. The van der Waals surface area contributed by atoms with Crippen molar-refractivity contribution in [2.24, 2.45) is 22.7 Å². The zero-order valence-electron chi connectivity index (χ0n) is 11.8. The molecule has 0 aromatic heterocycles. The van der Waals surface area contributed by atoms with Crippen molar-refractivity contribution in [1.29, 1.82) is 0 Å². The molecule has 2 aliphatic carbocycles. The minimum Gasteiger partial charge on any atom is -0.393 e. The number of fused-ring (bicyclic) bond motifs is 2. The van der Waals surface area contributed by atoms with Gasteiger partial charge in [0.25, 0.3) is 0 Å². The van der Waals surface area contributed by atoms with Crippen molar-refractivity contribution in [2.45, 2.75) is 63.2 Å². The lowest BCUT2D eigenvalue weighted by Crippen LogP contribution is -2.40. The summed E-state index contributed by atoms with van der Waals surface area (Å²) in [5.74, 6) is 1.42. The Hall–Kier alpha value is -0.260. The van der Waals surface area contributed by atoms with Gasteiger partial charge in [-0.25, -0.2) is 4.99 Å². The van der Waals surface area contributed by atoms with Crippen molar-refractivity contribution < 1.29 is 10.2 Å². The number of aliphatic hydroxyl groups is 2. The Balaban J connectivity index is 1.62. The molecule has 108 valence electrons. The molecular weight excluding hydrogens is 260 g/mol. The molecule has 2 fully saturated rings. The van der Waals surface area contributed by atoms with Crippen LogP contribution in [0.4, 0.5) is 0 Å². The van der Waals surface area contributed by atoms with Crippen molar-refractivity contribution in [3.63, 3.8) is 0 Å². The van der Waals surface area contributed by atoms with E-state index in [9.17, 15) is 10.2 Å². The predicted molar refractivity (Wildman–Crippen MR) is 78.0 cm³/mol. The average Bonchev–Trinajstić information content (AvgIpc) is 2.94. The Bertz CT molecular complexity index is 399. The van der Waals surface area contributed by atoms with Gasteiger partial charge in [-0.1, -0.05) is 25.6 Å². The minimum atomic E-state index is -0.621. The Labute approximate surface area is 119 Å². The van der Waals surface area contributed by atoms with Gasteiger partial charge in [0.15, 0.2) is 11.4 Å². The molecule has 6 atom stereocenters. The molecule has 0 saturated heterocycles. The van der Waals surface area contributed by atoms with E-state index in [2.05, 4.69) is 31.1 Å². The number of nitrogens with zero attached hydrogens (tertiary/aromatic N) is 1. The highest BCUT2D eigenvalue weighted by Crippen LogP contribution is 2.46. The van der Waals surface area contributed by atoms with E-state index in [1.807, 2.05) is 0 Å². The zero-order chi connectivity index (χ0) is 13.8. The Morgan fingerprint density at radius 1 is 1.26 bits per heavy atom. The van der Waals surface area contributed by atoms with E-state index in [0.29, 0.717) is 23.8 Å². The summed E-state index contributed by atoms with van der Waals surface area (Å²) in [6.45, 7) is 6.33. The SMILES string of the molecule is CC(C)[C@]1(C)SC(N[C@H]2C[C@H]3C[C@@H]2C[C@@H]3O)=NC1O. The van der Waals surface area contributed by atoms with Crippen molar-refractivity contribution in [3.8, 4) is 0 Å². The van der Waals surface area contributed by atoms with Crippen molar-refractivity contribution in [1.82, 2.24) is 5.32 Å². The van der Waals surface area contributed by atoms with E-state index in [1.54, 1.807) is 11.8 Å². The van der Waals surface area contributed by atoms with Crippen LogP contribution in [0.5, 0.6) is 0 Å². The van der Waals surface area contributed by atoms with E-state index in [4.69, 9.17) is 0 Å². The smallest absolute Gasteiger partial charge is 0.163 e. The lowest BCUT2D eigenvalue weighted by molar-refractivity contribution is 0.105. The van der Waals surface area contributed by atoms with Gasteiger partial charge in [-0.05, 0) is 43.9 Å². The first-order chi connectivity index (χ1) is 8.90. The summed E-state index contributed by atoms with van der Waals surface area (Å²) in [6, 6.07) is 0.432. The number of thioether (sulfide) groups is 1. The summed E-state index contributed by atoms with van der Waals surface area (Å²) in [7, 11) is 0. The van der Waals surface area contributed by atoms with E-state index in [0.717, 1.165) is 24.4 Å². The molecule has 3 aliphatic rings. The standard InChI is InChI=1S/C14H24N2O2S/c1-7(2)14(3)12(18)16-13(19-14)15-10-5-9-4-8(10)6-11(9)17/h7-12,17-18H,4-6H2,1-3H3,(H,15,16)/t8-,9-,10+,11+,12?,14+/m1/s1. The normalized spacial score (nSPS) is 48.9. The van der Waals surface area contributed by atoms with E-state index in [1.165, 1.54) is 0 Å². The number of aliphatic imine (C=N–C) groups is 1. The molecular formula is C14H24N2O2S. The van der Waals surface area contributed by atoms with Gasteiger partial charge in [0.05, 0.1) is 10.9 Å². The Morgan fingerprint density at radius 2 is 2.00 bits per heavy atom. The van der Waals surface area contributed by atoms with Crippen LogP contribution in [-0.4, -0.2) is 38.5 Å². The van der Waals surface area contributed by atoms with E-state index in [-0.39, 0.29) is 10.9 Å². The van der Waals surface area contributed by atoms with Gasteiger partial charge in [0, 0.05) is 6.04 Å².